The maximum atomic E-state index is 12.8. The number of carbonyl (C=O) groups excluding carboxylic acids is 3. The summed E-state index contributed by atoms with van der Waals surface area (Å²) < 4.78 is 9.98. The van der Waals surface area contributed by atoms with E-state index in [-0.39, 0.29) is 30.2 Å². The Kier molecular flexibility index (Phi) is 9.18. The van der Waals surface area contributed by atoms with Crippen molar-refractivity contribution in [1.82, 2.24) is 35.8 Å². The second-order valence-electron chi connectivity index (χ2n) is 9.65. The molecule has 3 aromatic rings. The van der Waals surface area contributed by atoms with Gasteiger partial charge in [0.1, 0.15) is 11.4 Å². The first kappa shape index (κ1) is 27.7. The van der Waals surface area contributed by atoms with Crippen LogP contribution in [0.15, 0.2) is 36.4 Å². The van der Waals surface area contributed by atoms with Crippen LogP contribution >= 0.6 is 0 Å². The van der Waals surface area contributed by atoms with Crippen molar-refractivity contribution in [3.05, 3.63) is 53.3 Å². The number of benzene rings is 1. The molecule has 2 N–H and O–H groups in total. The molecule has 4 rings (SSSR count). The second kappa shape index (κ2) is 12.9. The standard InChI is InChI=1S/C27H33N7O5/c1-17-11-21(13-24(29-17)27(37)28-14-20-5-4-6-23(12-20)38-3)26-31-33-34(32-26)15-19-7-9-22(10-8-19)30-25(36)16-39-18(2)35/h4-6,11-13,19,22H,7-10,14-16H2,1-3H3,(H,28,37)(H,30,36). The Morgan fingerprint density at radius 2 is 1.90 bits per heavy atom. The van der Waals surface area contributed by atoms with Crippen LogP contribution in [0.2, 0.25) is 0 Å². The van der Waals surface area contributed by atoms with Crippen LogP contribution in [0.5, 0.6) is 5.75 Å². The molecule has 1 fully saturated rings. The lowest BCUT2D eigenvalue weighted by Gasteiger charge is -2.28. The first-order valence-electron chi connectivity index (χ1n) is 12.9. The third-order valence-corrected chi connectivity index (χ3v) is 6.52. The lowest BCUT2D eigenvalue weighted by molar-refractivity contribution is -0.146. The fraction of sp³-hybridized carbons (Fsp3) is 0.444. The van der Waals surface area contributed by atoms with Gasteiger partial charge in [-0.05, 0) is 73.6 Å². The summed E-state index contributed by atoms with van der Waals surface area (Å²) in [5, 5.41) is 18.8. The zero-order valence-corrected chi connectivity index (χ0v) is 22.3. The number of pyridine rings is 1. The molecule has 0 unspecified atom stereocenters. The van der Waals surface area contributed by atoms with Crippen molar-refractivity contribution in [2.24, 2.45) is 5.92 Å². The van der Waals surface area contributed by atoms with Crippen molar-refractivity contribution >= 4 is 17.8 Å². The van der Waals surface area contributed by atoms with Gasteiger partial charge in [-0.25, -0.2) is 4.98 Å². The number of aromatic nitrogens is 5. The van der Waals surface area contributed by atoms with E-state index in [0.29, 0.717) is 36.1 Å². The second-order valence-corrected chi connectivity index (χ2v) is 9.65. The minimum Gasteiger partial charge on any atom is -0.497 e. The molecule has 0 spiro atoms. The fourth-order valence-corrected chi connectivity index (χ4v) is 4.56. The van der Waals surface area contributed by atoms with Crippen LogP contribution in [-0.4, -0.2) is 62.7 Å². The quantitative estimate of drug-likeness (QED) is 0.373. The number of hydrogen-bond donors (Lipinski definition) is 2. The van der Waals surface area contributed by atoms with Crippen LogP contribution in [0.3, 0.4) is 0 Å². The van der Waals surface area contributed by atoms with Crippen LogP contribution in [0.4, 0.5) is 0 Å². The maximum absolute atomic E-state index is 12.8. The van der Waals surface area contributed by atoms with Crippen molar-refractivity contribution in [2.45, 2.75) is 58.7 Å². The highest BCUT2D eigenvalue weighted by Gasteiger charge is 2.24. The molecule has 1 aliphatic rings. The van der Waals surface area contributed by atoms with E-state index in [0.717, 1.165) is 37.0 Å². The molecule has 12 nitrogen and oxygen atoms in total. The topological polar surface area (TPSA) is 150 Å². The number of aryl methyl sites for hydroxylation is 1. The molecular formula is C27H33N7O5. The third kappa shape index (κ3) is 8.06. The zero-order chi connectivity index (χ0) is 27.8. The van der Waals surface area contributed by atoms with Gasteiger partial charge in [-0.1, -0.05) is 12.1 Å². The molecule has 1 aliphatic carbocycles. The number of nitrogens with one attached hydrogen (secondary N) is 2. The molecule has 0 radical (unpaired) electrons. The lowest BCUT2D eigenvalue weighted by Crippen LogP contribution is -2.40. The maximum Gasteiger partial charge on any atom is 0.303 e. The molecule has 0 saturated heterocycles. The van der Waals surface area contributed by atoms with Gasteiger partial charge in [0.15, 0.2) is 6.61 Å². The predicted octanol–water partition coefficient (Wildman–Crippen LogP) is 2.22. The number of esters is 1. The van der Waals surface area contributed by atoms with Gasteiger partial charge < -0.3 is 20.1 Å². The van der Waals surface area contributed by atoms with E-state index >= 15 is 0 Å². The minimum absolute atomic E-state index is 0.0665. The summed E-state index contributed by atoms with van der Waals surface area (Å²) in [4.78, 5) is 41.5. The largest absolute Gasteiger partial charge is 0.497 e. The highest BCUT2D eigenvalue weighted by Crippen LogP contribution is 2.26. The molecule has 2 aromatic heterocycles. The van der Waals surface area contributed by atoms with E-state index in [2.05, 4.69) is 31.0 Å². The molecule has 12 heteroatoms. The van der Waals surface area contributed by atoms with Crippen LogP contribution in [0, 0.1) is 12.8 Å². The number of hydrogen-bond acceptors (Lipinski definition) is 9. The van der Waals surface area contributed by atoms with E-state index in [4.69, 9.17) is 9.47 Å². The Balaban J connectivity index is 1.31. The van der Waals surface area contributed by atoms with Gasteiger partial charge in [0, 0.05) is 30.8 Å². The Morgan fingerprint density at radius 3 is 2.64 bits per heavy atom. The van der Waals surface area contributed by atoms with Gasteiger partial charge in [-0.15, -0.1) is 10.2 Å². The molecular weight excluding hydrogens is 502 g/mol. The fourth-order valence-electron chi connectivity index (χ4n) is 4.56. The molecule has 0 atom stereocenters. The number of ether oxygens (including phenoxy) is 2. The van der Waals surface area contributed by atoms with E-state index in [1.807, 2.05) is 37.3 Å². The van der Waals surface area contributed by atoms with Gasteiger partial charge >= 0.3 is 5.97 Å². The summed E-state index contributed by atoms with van der Waals surface area (Å²) in [5.41, 5.74) is 2.53. The van der Waals surface area contributed by atoms with E-state index in [9.17, 15) is 14.4 Å². The van der Waals surface area contributed by atoms with Crippen LogP contribution < -0.4 is 15.4 Å². The van der Waals surface area contributed by atoms with Gasteiger partial charge in [-0.2, -0.15) is 4.80 Å². The molecule has 2 amide bonds. The van der Waals surface area contributed by atoms with Crippen molar-refractivity contribution < 1.29 is 23.9 Å². The smallest absolute Gasteiger partial charge is 0.303 e. The number of carbonyl (C=O) groups is 3. The summed E-state index contributed by atoms with van der Waals surface area (Å²) in [6, 6.07) is 11.1. The van der Waals surface area contributed by atoms with Gasteiger partial charge in [0.05, 0.1) is 13.7 Å². The van der Waals surface area contributed by atoms with Crippen LogP contribution in [0.1, 0.15) is 54.4 Å². The average Bonchev–Trinajstić information content (AvgIpc) is 3.40. The highest BCUT2D eigenvalue weighted by molar-refractivity contribution is 5.93. The van der Waals surface area contributed by atoms with Crippen molar-refractivity contribution in [3.8, 4) is 17.1 Å². The third-order valence-electron chi connectivity index (χ3n) is 6.52. The van der Waals surface area contributed by atoms with Crippen molar-refractivity contribution in [3.63, 3.8) is 0 Å². The predicted molar refractivity (Wildman–Crippen MR) is 140 cm³/mol. The molecule has 0 aliphatic heterocycles. The van der Waals surface area contributed by atoms with Crippen LogP contribution in [-0.2, 0) is 27.4 Å². The highest BCUT2D eigenvalue weighted by atomic mass is 16.5. The Hall–Kier alpha value is -4.35. The van der Waals surface area contributed by atoms with Gasteiger partial charge in [0.25, 0.3) is 11.8 Å². The Labute approximate surface area is 226 Å². The molecule has 0 bridgehead atoms. The van der Waals surface area contributed by atoms with E-state index in [1.54, 1.807) is 18.0 Å². The summed E-state index contributed by atoms with van der Waals surface area (Å²) in [6.07, 6.45) is 3.47. The summed E-state index contributed by atoms with van der Waals surface area (Å²) in [6.45, 7) is 3.79. The number of tetrazole rings is 1. The van der Waals surface area contributed by atoms with Crippen LogP contribution in [0.25, 0.3) is 11.4 Å². The van der Waals surface area contributed by atoms with E-state index in [1.165, 1.54) is 6.92 Å². The van der Waals surface area contributed by atoms with E-state index < -0.39 is 5.97 Å². The van der Waals surface area contributed by atoms with Gasteiger partial charge in [0.2, 0.25) is 5.82 Å². The normalized spacial score (nSPS) is 16.8. The molecule has 2 heterocycles. The van der Waals surface area contributed by atoms with Crippen molar-refractivity contribution in [2.75, 3.05) is 13.7 Å². The number of methoxy groups -OCH3 is 1. The Morgan fingerprint density at radius 1 is 1.10 bits per heavy atom. The summed E-state index contributed by atoms with van der Waals surface area (Å²) in [5.74, 6) is 0.450. The average molecular weight is 536 g/mol. The molecule has 39 heavy (non-hydrogen) atoms. The Bertz CT molecular complexity index is 1320. The number of rotatable bonds is 10. The minimum atomic E-state index is -0.473. The summed E-state index contributed by atoms with van der Waals surface area (Å²) in [7, 11) is 1.60. The first-order chi connectivity index (χ1) is 18.8. The van der Waals surface area contributed by atoms with Crippen molar-refractivity contribution in [1.29, 1.82) is 0 Å². The SMILES string of the molecule is COc1cccc(CNC(=O)c2cc(-c3nnn(CC4CCC(NC(=O)COC(C)=O)CC4)n3)cc(C)n2)c1. The first-order valence-corrected chi connectivity index (χ1v) is 12.9. The zero-order valence-electron chi connectivity index (χ0n) is 22.3. The number of nitrogens with zero attached hydrogens (tertiary/aromatic N) is 5. The summed E-state index contributed by atoms with van der Waals surface area (Å²) >= 11 is 0. The molecule has 1 aromatic carbocycles. The lowest BCUT2D eigenvalue weighted by atomic mass is 9.86. The number of amides is 2. The monoisotopic (exact) mass is 535 g/mol. The molecule has 1 saturated carbocycles. The van der Waals surface area contributed by atoms with Gasteiger partial charge in [-0.3, -0.25) is 14.4 Å². The molecule has 206 valence electrons.